The number of hydrogen-bond donors (Lipinski definition) is 3. The van der Waals surface area contributed by atoms with E-state index in [1.54, 1.807) is 0 Å². The van der Waals surface area contributed by atoms with Crippen molar-refractivity contribution in [1.29, 1.82) is 0 Å². The Morgan fingerprint density at radius 2 is 1.67 bits per heavy atom. The third-order valence-corrected chi connectivity index (χ3v) is 3.47. The molecule has 126 valence electrons. The molecule has 0 saturated carbocycles. The van der Waals surface area contributed by atoms with Crippen LogP contribution < -0.4 is 16.0 Å². The summed E-state index contributed by atoms with van der Waals surface area (Å²) >= 11 is 0. The topological polar surface area (TPSA) is 70.2 Å². The van der Waals surface area contributed by atoms with Crippen molar-refractivity contribution in [3.63, 3.8) is 0 Å². The van der Waals surface area contributed by atoms with Gasteiger partial charge in [-0.15, -0.1) is 0 Å². The number of carbonyl (C=O) groups excluding carboxylic acids is 2. The summed E-state index contributed by atoms with van der Waals surface area (Å²) in [4.78, 5) is 23.8. The smallest absolute Gasteiger partial charge is 0.319 e. The zero-order valence-corrected chi connectivity index (χ0v) is 14.2. The molecule has 5 nitrogen and oxygen atoms in total. The number of carbonyl (C=O) groups is 2. The number of anilines is 1. The minimum absolute atomic E-state index is 0.0842. The van der Waals surface area contributed by atoms with E-state index in [1.165, 1.54) is 0 Å². The summed E-state index contributed by atoms with van der Waals surface area (Å²) in [5, 5.41) is 8.43. The molecule has 2 aromatic rings. The summed E-state index contributed by atoms with van der Waals surface area (Å²) < 4.78 is 0. The van der Waals surface area contributed by atoms with Crippen molar-refractivity contribution in [2.45, 2.75) is 33.4 Å². The molecule has 0 fully saturated rings. The van der Waals surface area contributed by atoms with Crippen molar-refractivity contribution in [3.8, 4) is 0 Å². The second-order valence-electron chi connectivity index (χ2n) is 5.95. The quantitative estimate of drug-likeness (QED) is 0.788. The Kier molecular flexibility index (Phi) is 5.95. The van der Waals surface area contributed by atoms with Crippen LogP contribution in [0, 0.1) is 6.92 Å². The minimum atomic E-state index is -0.231. The van der Waals surface area contributed by atoms with Crippen LogP contribution in [0.3, 0.4) is 0 Å². The highest BCUT2D eigenvalue weighted by Crippen LogP contribution is 2.11. The lowest BCUT2D eigenvalue weighted by Crippen LogP contribution is -2.34. The summed E-state index contributed by atoms with van der Waals surface area (Å²) in [6, 6.07) is 14.7. The summed E-state index contributed by atoms with van der Waals surface area (Å²) in [7, 11) is 0. The zero-order chi connectivity index (χ0) is 17.5. The number of urea groups is 1. The lowest BCUT2D eigenvalue weighted by atomic mass is 10.1. The molecule has 0 aliphatic carbocycles. The third kappa shape index (κ3) is 5.12. The molecule has 0 aromatic heterocycles. The van der Waals surface area contributed by atoms with Gasteiger partial charge >= 0.3 is 6.03 Å². The summed E-state index contributed by atoms with van der Waals surface area (Å²) in [5.74, 6) is -0.0911. The van der Waals surface area contributed by atoms with Gasteiger partial charge in [-0.05, 0) is 50.1 Å². The Bertz CT molecular complexity index is 709. The maximum absolute atomic E-state index is 12.2. The first kappa shape index (κ1) is 17.5. The molecule has 0 radical (unpaired) electrons. The highest BCUT2D eigenvalue weighted by molar-refractivity contribution is 5.95. The van der Waals surface area contributed by atoms with E-state index < -0.39 is 0 Å². The first-order valence-electron chi connectivity index (χ1n) is 7.96. The largest absolute Gasteiger partial charge is 0.348 e. The molecule has 0 aliphatic rings. The van der Waals surface area contributed by atoms with Crippen LogP contribution in [0.25, 0.3) is 0 Å². The Morgan fingerprint density at radius 1 is 1.00 bits per heavy atom. The van der Waals surface area contributed by atoms with Gasteiger partial charge in [0.2, 0.25) is 0 Å². The van der Waals surface area contributed by atoms with Crippen LogP contribution in [0.4, 0.5) is 10.5 Å². The lowest BCUT2D eigenvalue weighted by molar-refractivity contribution is 0.0950. The van der Waals surface area contributed by atoms with Crippen molar-refractivity contribution < 1.29 is 9.59 Å². The van der Waals surface area contributed by atoms with Gasteiger partial charge in [0.15, 0.2) is 0 Å². The second-order valence-corrected chi connectivity index (χ2v) is 5.95. The van der Waals surface area contributed by atoms with Crippen LogP contribution >= 0.6 is 0 Å². The number of benzene rings is 2. The first-order valence-corrected chi connectivity index (χ1v) is 7.96. The molecule has 3 amide bonds. The summed E-state index contributed by atoms with van der Waals surface area (Å²) in [6.07, 6.45) is 0. The van der Waals surface area contributed by atoms with E-state index in [2.05, 4.69) is 16.0 Å². The van der Waals surface area contributed by atoms with E-state index in [9.17, 15) is 9.59 Å². The van der Waals surface area contributed by atoms with Crippen LogP contribution in [0.5, 0.6) is 0 Å². The lowest BCUT2D eigenvalue weighted by Gasteiger charge is -2.11. The molecule has 0 spiro atoms. The van der Waals surface area contributed by atoms with Crippen molar-refractivity contribution in [3.05, 3.63) is 65.2 Å². The van der Waals surface area contributed by atoms with Gasteiger partial charge in [0.25, 0.3) is 5.91 Å². The first-order chi connectivity index (χ1) is 11.5. The molecule has 0 saturated heterocycles. The summed E-state index contributed by atoms with van der Waals surface area (Å²) in [6.45, 7) is 6.16. The molecule has 0 heterocycles. The van der Waals surface area contributed by atoms with Gasteiger partial charge in [-0.2, -0.15) is 0 Å². The summed E-state index contributed by atoms with van der Waals surface area (Å²) in [5.41, 5.74) is 3.31. The molecular weight excluding hydrogens is 302 g/mol. The van der Waals surface area contributed by atoms with E-state index in [0.29, 0.717) is 17.8 Å². The Balaban J connectivity index is 1.89. The molecule has 0 bridgehead atoms. The monoisotopic (exact) mass is 325 g/mol. The highest BCUT2D eigenvalue weighted by Gasteiger charge is 2.08. The second kappa shape index (κ2) is 8.15. The van der Waals surface area contributed by atoms with Crippen molar-refractivity contribution >= 4 is 17.6 Å². The number of aryl methyl sites for hydroxylation is 1. The van der Waals surface area contributed by atoms with Crippen LogP contribution in [0.1, 0.15) is 35.3 Å². The normalized spacial score (nSPS) is 10.3. The molecule has 5 heteroatoms. The van der Waals surface area contributed by atoms with Crippen molar-refractivity contribution in [2.24, 2.45) is 0 Å². The Morgan fingerprint density at radius 3 is 2.29 bits per heavy atom. The molecule has 0 unspecified atom stereocenters. The van der Waals surface area contributed by atoms with E-state index in [4.69, 9.17) is 0 Å². The zero-order valence-electron chi connectivity index (χ0n) is 14.2. The predicted octanol–water partition coefficient (Wildman–Crippen LogP) is 3.45. The van der Waals surface area contributed by atoms with Gasteiger partial charge in [-0.3, -0.25) is 4.79 Å². The van der Waals surface area contributed by atoms with E-state index in [-0.39, 0.29) is 18.0 Å². The van der Waals surface area contributed by atoms with Gasteiger partial charge < -0.3 is 16.0 Å². The maximum Gasteiger partial charge on any atom is 0.319 e. The molecule has 0 aliphatic heterocycles. The fourth-order valence-electron chi connectivity index (χ4n) is 2.24. The Hall–Kier alpha value is -2.82. The minimum Gasteiger partial charge on any atom is -0.348 e. The van der Waals surface area contributed by atoms with Gasteiger partial charge in [0, 0.05) is 23.8 Å². The fraction of sp³-hybridized carbons (Fsp3) is 0.263. The van der Waals surface area contributed by atoms with E-state index in [1.807, 2.05) is 69.3 Å². The SMILES string of the molecule is Cc1ccccc1C(=O)NCc1ccc(NC(=O)NC(C)C)cc1. The number of nitrogens with one attached hydrogen (secondary N) is 3. The average Bonchev–Trinajstić information content (AvgIpc) is 2.53. The van der Waals surface area contributed by atoms with Gasteiger partial charge in [-0.25, -0.2) is 4.79 Å². The van der Waals surface area contributed by atoms with Crippen molar-refractivity contribution in [2.75, 3.05) is 5.32 Å². The third-order valence-electron chi connectivity index (χ3n) is 3.47. The average molecular weight is 325 g/mol. The molecule has 0 atom stereocenters. The maximum atomic E-state index is 12.2. The number of amides is 3. The molecule has 24 heavy (non-hydrogen) atoms. The van der Waals surface area contributed by atoms with Gasteiger partial charge in [-0.1, -0.05) is 30.3 Å². The number of rotatable bonds is 5. The predicted molar refractivity (Wildman–Crippen MR) is 96.1 cm³/mol. The number of hydrogen-bond acceptors (Lipinski definition) is 2. The fourth-order valence-corrected chi connectivity index (χ4v) is 2.24. The van der Waals surface area contributed by atoms with E-state index in [0.717, 1.165) is 11.1 Å². The molecule has 2 aromatic carbocycles. The molecule has 2 rings (SSSR count). The molecular formula is C19H23N3O2. The highest BCUT2D eigenvalue weighted by atomic mass is 16.2. The molecule has 3 N–H and O–H groups in total. The standard InChI is InChI=1S/C19H23N3O2/c1-13(2)21-19(24)22-16-10-8-15(9-11-16)12-20-18(23)17-7-5-4-6-14(17)3/h4-11,13H,12H2,1-3H3,(H,20,23)(H2,21,22,24). The van der Waals surface area contributed by atoms with E-state index >= 15 is 0 Å². The van der Waals surface area contributed by atoms with Crippen LogP contribution in [0.2, 0.25) is 0 Å². The van der Waals surface area contributed by atoms with Gasteiger partial charge in [0.05, 0.1) is 0 Å². The van der Waals surface area contributed by atoms with Crippen LogP contribution in [-0.4, -0.2) is 18.0 Å². The van der Waals surface area contributed by atoms with Crippen LogP contribution in [-0.2, 0) is 6.54 Å². The van der Waals surface area contributed by atoms with Gasteiger partial charge in [0.1, 0.15) is 0 Å². The Labute approximate surface area is 142 Å². The van der Waals surface area contributed by atoms with Crippen LogP contribution in [0.15, 0.2) is 48.5 Å². The van der Waals surface area contributed by atoms with Crippen molar-refractivity contribution in [1.82, 2.24) is 10.6 Å².